The standard InChI is InChI=1S/C20H20N4O3/c1-26-18-8-3-2-6-15(18)14-27-19-12-16-13-23(10-11-24(16)22-19)20(25)17-7-4-5-9-21-17/h2-9,12H,10-11,13-14H2,1H3. The molecule has 0 spiro atoms. The summed E-state index contributed by atoms with van der Waals surface area (Å²) in [4.78, 5) is 18.5. The second-order valence-electron chi connectivity index (χ2n) is 6.24. The van der Waals surface area contributed by atoms with Crippen molar-refractivity contribution >= 4 is 5.91 Å². The number of hydrogen-bond acceptors (Lipinski definition) is 5. The fourth-order valence-corrected chi connectivity index (χ4v) is 3.11. The monoisotopic (exact) mass is 364 g/mol. The zero-order chi connectivity index (χ0) is 18.6. The van der Waals surface area contributed by atoms with E-state index in [4.69, 9.17) is 9.47 Å². The van der Waals surface area contributed by atoms with Crippen LogP contribution in [-0.2, 0) is 19.7 Å². The lowest BCUT2D eigenvalue weighted by atomic mass is 10.2. The maximum atomic E-state index is 12.6. The van der Waals surface area contributed by atoms with Gasteiger partial charge in [-0.1, -0.05) is 24.3 Å². The van der Waals surface area contributed by atoms with Crippen molar-refractivity contribution in [2.45, 2.75) is 19.7 Å². The molecule has 1 aromatic carbocycles. The molecule has 3 heterocycles. The van der Waals surface area contributed by atoms with E-state index in [1.165, 1.54) is 0 Å². The molecule has 3 aromatic rings. The van der Waals surface area contributed by atoms with Crippen molar-refractivity contribution in [2.75, 3.05) is 13.7 Å². The van der Waals surface area contributed by atoms with Crippen LogP contribution in [0.1, 0.15) is 21.7 Å². The molecule has 0 atom stereocenters. The summed E-state index contributed by atoms with van der Waals surface area (Å²) in [6.07, 6.45) is 1.63. The minimum absolute atomic E-state index is 0.0699. The quantitative estimate of drug-likeness (QED) is 0.696. The predicted octanol–water partition coefficient (Wildman–Crippen LogP) is 2.52. The molecule has 4 rings (SSSR count). The molecule has 1 aliphatic heterocycles. The van der Waals surface area contributed by atoms with Crippen LogP contribution < -0.4 is 9.47 Å². The van der Waals surface area contributed by atoms with Gasteiger partial charge in [-0.05, 0) is 18.2 Å². The fourth-order valence-electron chi connectivity index (χ4n) is 3.11. The molecule has 0 bridgehead atoms. The van der Waals surface area contributed by atoms with Crippen LogP contribution in [0, 0.1) is 0 Å². The third kappa shape index (κ3) is 3.62. The third-order valence-electron chi connectivity index (χ3n) is 4.51. The normalized spacial score (nSPS) is 13.1. The maximum Gasteiger partial charge on any atom is 0.272 e. The molecule has 0 saturated heterocycles. The molecular weight excluding hydrogens is 344 g/mol. The van der Waals surface area contributed by atoms with Gasteiger partial charge in [0.2, 0.25) is 5.88 Å². The number of amides is 1. The zero-order valence-electron chi connectivity index (χ0n) is 15.0. The lowest BCUT2D eigenvalue weighted by Crippen LogP contribution is -2.38. The van der Waals surface area contributed by atoms with Gasteiger partial charge >= 0.3 is 0 Å². The Morgan fingerprint density at radius 1 is 1.15 bits per heavy atom. The largest absolute Gasteiger partial charge is 0.496 e. The highest BCUT2D eigenvalue weighted by atomic mass is 16.5. The smallest absolute Gasteiger partial charge is 0.272 e. The summed E-state index contributed by atoms with van der Waals surface area (Å²) in [5.41, 5.74) is 2.36. The molecule has 27 heavy (non-hydrogen) atoms. The molecule has 0 unspecified atom stereocenters. The molecule has 7 heteroatoms. The first-order valence-corrected chi connectivity index (χ1v) is 8.76. The van der Waals surface area contributed by atoms with E-state index in [2.05, 4.69) is 10.1 Å². The van der Waals surface area contributed by atoms with Crippen molar-refractivity contribution in [2.24, 2.45) is 0 Å². The van der Waals surface area contributed by atoms with Gasteiger partial charge in [0.25, 0.3) is 5.91 Å². The van der Waals surface area contributed by atoms with Crippen LogP contribution in [0.3, 0.4) is 0 Å². The van der Waals surface area contributed by atoms with Crippen LogP contribution in [0.15, 0.2) is 54.7 Å². The van der Waals surface area contributed by atoms with Crippen LogP contribution in [0.25, 0.3) is 0 Å². The first-order chi connectivity index (χ1) is 13.2. The highest BCUT2D eigenvalue weighted by Crippen LogP contribution is 2.22. The average Bonchev–Trinajstić information content (AvgIpc) is 3.14. The number of fused-ring (bicyclic) bond motifs is 1. The number of ether oxygens (including phenoxy) is 2. The first-order valence-electron chi connectivity index (χ1n) is 8.76. The van der Waals surface area contributed by atoms with Crippen molar-refractivity contribution in [1.82, 2.24) is 19.7 Å². The van der Waals surface area contributed by atoms with Crippen LogP contribution in [0.4, 0.5) is 0 Å². The minimum atomic E-state index is -0.0699. The van der Waals surface area contributed by atoms with E-state index < -0.39 is 0 Å². The molecule has 138 valence electrons. The number of carbonyl (C=O) groups is 1. The van der Waals surface area contributed by atoms with E-state index in [0.29, 0.717) is 37.8 Å². The van der Waals surface area contributed by atoms with Crippen LogP contribution in [0.5, 0.6) is 11.6 Å². The van der Waals surface area contributed by atoms with Gasteiger partial charge in [-0.25, -0.2) is 0 Å². The Morgan fingerprint density at radius 2 is 2.00 bits per heavy atom. The molecule has 1 aliphatic rings. The second-order valence-corrected chi connectivity index (χ2v) is 6.24. The third-order valence-corrected chi connectivity index (χ3v) is 4.51. The number of para-hydroxylation sites is 1. The summed E-state index contributed by atoms with van der Waals surface area (Å²) in [6, 6.07) is 15.0. The highest BCUT2D eigenvalue weighted by molar-refractivity contribution is 5.92. The summed E-state index contributed by atoms with van der Waals surface area (Å²) >= 11 is 0. The number of nitrogens with zero attached hydrogens (tertiary/aromatic N) is 4. The van der Waals surface area contributed by atoms with E-state index in [0.717, 1.165) is 17.0 Å². The van der Waals surface area contributed by atoms with Gasteiger partial charge in [0.15, 0.2) is 0 Å². The minimum Gasteiger partial charge on any atom is -0.496 e. The topological polar surface area (TPSA) is 69.5 Å². The fraction of sp³-hybridized carbons (Fsp3) is 0.250. The van der Waals surface area contributed by atoms with Gasteiger partial charge in [-0.2, -0.15) is 0 Å². The lowest BCUT2D eigenvalue weighted by Gasteiger charge is -2.27. The summed E-state index contributed by atoms with van der Waals surface area (Å²) in [6.45, 7) is 2.08. The second kappa shape index (κ2) is 7.49. The van der Waals surface area contributed by atoms with Gasteiger partial charge in [0, 0.05) is 24.4 Å². The number of pyridine rings is 1. The summed E-state index contributed by atoms with van der Waals surface area (Å²) < 4.78 is 13.1. The lowest BCUT2D eigenvalue weighted by molar-refractivity contribution is 0.0700. The molecule has 0 fully saturated rings. The number of benzene rings is 1. The molecule has 7 nitrogen and oxygen atoms in total. The summed E-state index contributed by atoms with van der Waals surface area (Å²) in [5.74, 6) is 1.26. The SMILES string of the molecule is COc1ccccc1COc1cc2n(n1)CCN(C(=O)c1ccccn1)C2. The van der Waals surface area contributed by atoms with Crippen LogP contribution in [-0.4, -0.2) is 39.2 Å². The molecular formula is C20H20N4O3. The van der Waals surface area contributed by atoms with Crippen molar-refractivity contribution < 1.29 is 14.3 Å². The zero-order valence-corrected chi connectivity index (χ0v) is 15.0. The Hall–Kier alpha value is -3.35. The Kier molecular flexibility index (Phi) is 4.74. The average molecular weight is 364 g/mol. The molecule has 2 aromatic heterocycles. The van der Waals surface area contributed by atoms with Crippen LogP contribution >= 0.6 is 0 Å². The van der Waals surface area contributed by atoms with Crippen molar-refractivity contribution in [3.63, 3.8) is 0 Å². The Balaban J connectivity index is 1.44. The van der Waals surface area contributed by atoms with Crippen molar-refractivity contribution in [3.05, 3.63) is 71.7 Å². The van der Waals surface area contributed by atoms with Crippen LogP contribution in [0.2, 0.25) is 0 Å². The summed E-state index contributed by atoms with van der Waals surface area (Å²) in [5, 5.41) is 4.49. The number of carbonyl (C=O) groups excluding carboxylic acids is 1. The first kappa shape index (κ1) is 17.1. The van der Waals surface area contributed by atoms with E-state index in [9.17, 15) is 4.79 Å². The molecule has 0 radical (unpaired) electrons. The van der Waals surface area contributed by atoms with Crippen molar-refractivity contribution in [1.29, 1.82) is 0 Å². The van der Waals surface area contributed by atoms with E-state index >= 15 is 0 Å². The van der Waals surface area contributed by atoms with Gasteiger partial charge < -0.3 is 14.4 Å². The van der Waals surface area contributed by atoms with Gasteiger partial charge in [-0.15, -0.1) is 5.10 Å². The van der Waals surface area contributed by atoms with Gasteiger partial charge in [-0.3, -0.25) is 14.5 Å². The Labute approximate surface area is 157 Å². The number of methoxy groups -OCH3 is 1. The summed E-state index contributed by atoms with van der Waals surface area (Å²) in [7, 11) is 1.64. The van der Waals surface area contributed by atoms with E-state index in [1.807, 2.05) is 41.1 Å². The van der Waals surface area contributed by atoms with E-state index in [1.54, 1.807) is 30.3 Å². The Morgan fingerprint density at radius 3 is 2.81 bits per heavy atom. The molecule has 0 saturated carbocycles. The molecule has 1 amide bonds. The maximum absolute atomic E-state index is 12.6. The highest BCUT2D eigenvalue weighted by Gasteiger charge is 2.24. The predicted molar refractivity (Wildman–Crippen MR) is 98.5 cm³/mol. The van der Waals surface area contributed by atoms with Gasteiger partial charge in [0.1, 0.15) is 18.1 Å². The molecule has 0 N–H and O–H groups in total. The van der Waals surface area contributed by atoms with Crippen molar-refractivity contribution in [3.8, 4) is 11.6 Å². The van der Waals surface area contributed by atoms with Gasteiger partial charge in [0.05, 0.1) is 25.9 Å². The van der Waals surface area contributed by atoms with E-state index in [-0.39, 0.29) is 5.91 Å². The Bertz CT molecular complexity index is 939. The number of aromatic nitrogens is 3. The molecule has 0 aliphatic carbocycles. The number of rotatable bonds is 5. The number of hydrogen-bond donors (Lipinski definition) is 0.